The standard InChI is InChI=1S/C37H45N3P2/c1-6-19-40(41(34-24-28(2)22-29(3)25-34)35-26-30(4)23-31(5)27-35)42-36(32-15-9-7-10-16-32)38-20-13-14-21-39(38)37(42)33-17-11-8-12-18-33/h7-12,15-18,22-27,36-37H,6,13-14,19-21H2,1-5H3/t36-,37-/m1/s1. The minimum absolute atomic E-state index is 0.361. The van der Waals surface area contributed by atoms with Gasteiger partial charge in [-0.3, -0.25) is 0 Å². The molecule has 3 nitrogen and oxygen atoms in total. The van der Waals surface area contributed by atoms with Crippen molar-refractivity contribution in [3.05, 3.63) is 130 Å². The lowest BCUT2D eigenvalue weighted by atomic mass is 10.1. The van der Waals surface area contributed by atoms with Gasteiger partial charge in [-0.15, -0.1) is 0 Å². The van der Waals surface area contributed by atoms with E-state index in [4.69, 9.17) is 0 Å². The molecule has 6 rings (SSSR count). The highest BCUT2D eigenvalue weighted by Gasteiger charge is 2.53. The van der Waals surface area contributed by atoms with Crippen LogP contribution in [0, 0.1) is 27.7 Å². The molecule has 0 aliphatic carbocycles. The summed E-state index contributed by atoms with van der Waals surface area (Å²) < 4.78 is 3.03. The lowest BCUT2D eigenvalue weighted by Gasteiger charge is -2.42. The van der Waals surface area contributed by atoms with Crippen LogP contribution in [0.15, 0.2) is 97.1 Å². The van der Waals surface area contributed by atoms with Crippen molar-refractivity contribution in [3.63, 3.8) is 0 Å². The molecular formula is C37H45N3P2. The quantitative estimate of drug-likeness (QED) is 0.189. The predicted octanol–water partition coefficient (Wildman–Crippen LogP) is 9.10. The SMILES string of the molecule is CCCN(P(c1cc(C)cc(C)c1)c1cc(C)cc(C)c1)P1[C@H](c2ccccc2)N2CCCCN2[C@H]1c1ccccc1. The molecule has 2 fully saturated rings. The molecule has 0 unspecified atom stereocenters. The average molecular weight is 594 g/mol. The Kier molecular flexibility index (Phi) is 9.25. The first kappa shape index (κ1) is 29.7. The molecule has 2 saturated heterocycles. The van der Waals surface area contributed by atoms with Gasteiger partial charge in [0.15, 0.2) is 0 Å². The van der Waals surface area contributed by atoms with Crippen molar-refractivity contribution in [1.82, 2.24) is 14.5 Å². The Morgan fingerprint density at radius 3 is 1.43 bits per heavy atom. The highest BCUT2D eigenvalue weighted by Crippen LogP contribution is 2.76. The summed E-state index contributed by atoms with van der Waals surface area (Å²) in [7, 11) is -1.40. The minimum Gasteiger partial charge on any atom is -0.249 e. The Balaban J connectivity index is 1.61. The van der Waals surface area contributed by atoms with E-state index >= 15 is 0 Å². The van der Waals surface area contributed by atoms with E-state index in [2.05, 4.69) is 146 Å². The zero-order valence-electron chi connectivity index (χ0n) is 25.9. The number of aryl methyl sites for hydroxylation is 4. The molecule has 0 bridgehead atoms. The van der Waals surface area contributed by atoms with Gasteiger partial charge >= 0.3 is 0 Å². The molecule has 218 valence electrons. The first-order chi connectivity index (χ1) is 20.4. The van der Waals surface area contributed by atoms with E-state index in [1.54, 1.807) is 0 Å². The third kappa shape index (κ3) is 6.01. The minimum atomic E-state index is -0.749. The fourth-order valence-electron chi connectivity index (χ4n) is 6.97. The van der Waals surface area contributed by atoms with E-state index in [9.17, 15) is 0 Å². The van der Waals surface area contributed by atoms with Crippen LogP contribution in [0.3, 0.4) is 0 Å². The maximum atomic E-state index is 3.03. The molecule has 2 aliphatic rings. The number of fused-ring (bicyclic) bond motifs is 1. The van der Waals surface area contributed by atoms with Crippen LogP contribution >= 0.6 is 16.1 Å². The normalized spacial score (nSPS) is 20.0. The van der Waals surface area contributed by atoms with Gasteiger partial charge in [0.05, 0.1) is 11.6 Å². The van der Waals surface area contributed by atoms with Crippen molar-refractivity contribution in [2.24, 2.45) is 0 Å². The third-order valence-corrected chi connectivity index (χ3v) is 14.6. The van der Waals surface area contributed by atoms with Crippen LogP contribution in [0.2, 0.25) is 0 Å². The number of rotatable bonds is 8. The molecule has 0 saturated carbocycles. The number of benzene rings is 4. The Morgan fingerprint density at radius 2 is 1.05 bits per heavy atom. The summed E-state index contributed by atoms with van der Waals surface area (Å²) in [6, 6.07) is 37.4. The monoisotopic (exact) mass is 593 g/mol. The third-order valence-electron chi connectivity index (χ3n) is 8.44. The van der Waals surface area contributed by atoms with Gasteiger partial charge in [-0.1, -0.05) is 102 Å². The maximum Gasteiger partial charge on any atom is 0.0847 e. The van der Waals surface area contributed by atoms with Crippen LogP contribution in [0.25, 0.3) is 0 Å². The Labute approximate surface area is 256 Å². The number of nitrogens with zero attached hydrogens (tertiary/aromatic N) is 3. The maximum absolute atomic E-state index is 3.03. The molecule has 0 radical (unpaired) electrons. The van der Waals surface area contributed by atoms with Crippen molar-refractivity contribution in [3.8, 4) is 0 Å². The van der Waals surface area contributed by atoms with Crippen LogP contribution in [-0.2, 0) is 0 Å². The summed E-state index contributed by atoms with van der Waals surface area (Å²) in [4.78, 5) is 0. The summed E-state index contributed by atoms with van der Waals surface area (Å²) in [6.45, 7) is 14.8. The zero-order valence-corrected chi connectivity index (χ0v) is 27.7. The second-order valence-electron chi connectivity index (χ2n) is 12.1. The molecule has 42 heavy (non-hydrogen) atoms. The molecule has 2 atom stereocenters. The summed E-state index contributed by atoms with van der Waals surface area (Å²) in [5, 5.41) is 8.53. The van der Waals surface area contributed by atoms with Crippen LogP contribution in [-0.4, -0.2) is 34.1 Å². The lowest BCUT2D eigenvalue weighted by molar-refractivity contribution is -0.0531. The molecule has 0 aromatic heterocycles. The average Bonchev–Trinajstić information content (AvgIpc) is 3.32. The summed E-state index contributed by atoms with van der Waals surface area (Å²) in [6.07, 6.45) is 3.67. The van der Waals surface area contributed by atoms with Gasteiger partial charge in [-0.25, -0.2) is 14.5 Å². The second-order valence-corrected chi connectivity index (χ2v) is 16.8. The van der Waals surface area contributed by atoms with Crippen LogP contribution < -0.4 is 10.6 Å². The second kappa shape index (κ2) is 13.1. The molecule has 4 aromatic carbocycles. The molecule has 2 aliphatic heterocycles. The van der Waals surface area contributed by atoms with E-state index in [0.717, 1.165) is 26.1 Å². The van der Waals surface area contributed by atoms with Crippen molar-refractivity contribution >= 4 is 26.8 Å². The van der Waals surface area contributed by atoms with Crippen molar-refractivity contribution in [2.75, 3.05) is 19.6 Å². The summed E-state index contributed by atoms with van der Waals surface area (Å²) >= 11 is 0. The molecule has 4 aromatic rings. The topological polar surface area (TPSA) is 9.72 Å². The van der Waals surface area contributed by atoms with Gasteiger partial charge in [-0.05, 0) is 93.0 Å². The fourth-order valence-corrected chi connectivity index (χ4v) is 14.7. The van der Waals surface area contributed by atoms with E-state index < -0.39 is 16.1 Å². The van der Waals surface area contributed by atoms with E-state index in [1.165, 1.54) is 56.8 Å². The fraction of sp³-hybridized carbons (Fsp3) is 0.351. The first-order valence-corrected chi connectivity index (χ1v) is 18.3. The number of hydrogen-bond acceptors (Lipinski definition) is 3. The Hall–Kier alpha value is -2.38. The molecule has 0 spiro atoms. The largest absolute Gasteiger partial charge is 0.249 e. The molecule has 0 amide bonds. The van der Waals surface area contributed by atoms with Gasteiger partial charge in [0.25, 0.3) is 0 Å². The molecular weight excluding hydrogens is 548 g/mol. The van der Waals surface area contributed by atoms with E-state index in [1.807, 2.05) is 0 Å². The van der Waals surface area contributed by atoms with Crippen LogP contribution in [0.5, 0.6) is 0 Å². The van der Waals surface area contributed by atoms with E-state index in [-0.39, 0.29) is 0 Å². The van der Waals surface area contributed by atoms with Gasteiger partial charge < -0.3 is 0 Å². The molecule has 2 heterocycles. The number of hydrazine groups is 1. The summed E-state index contributed by atoms with van der Waals surface area (Å²) in [5.41, 5.74) is 8.36. The van der Waals surface area contributed by atoms with Crippen molar-refractivity contribution < 1.29 is 0 Å². The van der Waals surface area contributed by atoms with Gasteiger partial charge in [0, 0.05) is 35.8 Å². The number of hydrogen-bond donors (Lipinski definition) is 0. The predicted molar refractivity (Wildman–Crippen MR) is 183 cm³/mol. The van der Waals surface area contributed by atoms with Gasteiger partial charge in [0.1, 0.15) is 0 Å². The highest BCUT2D eigenvalue weighted by atomic mass is 31.2. The zero-order chi connectivity index (χ0) is 29.2. The van der Waals surface area contributed by atoms with E-state index in [0.29, 0.717) is 11.6 Å². The molecule has 0 N–H and O–H groups in total. The summed E-state index contributed by atoms with van der Waals surface area (Å²) in [5.74, 6) is 0.722. The van der Waals surface area contributed by atoms with Crippen molar-refractivity contribution in [2.45, 2.75) is 65.4 Å². The Morgan fingerprint density at radius 1 is 0.643 bits per heavy atom. The lowest BCUT2D eigenvalue weighted by Crippen LogP contribution is -2.43. The van der Waals surface area contributed by atoms with Gasteiger partial charge in [0.2, 0.25) is 0 Å². The van der Waals surface area contributed by atoms with Crippen molar-refractivity contribution in [1.29, 1.82) is 0 Å². The van der Waals surface area contributed by atoms with Crippen LogP contribution in [0.1, 0.15) is 71.1 Å². The highest BCUT2D eigenvalue weighted by molar-refractivity contribution is 7.79. The van der Waals surface area contributed by atoms with Gasteiger partial charge in [-0.2, -0.15) is 0 Å². The smallest absolute Gasteiger partial charge is 0.0847 e. The first-order valence-electron chi connectivity index (χ1n) is 15.6. The Bertz CT molecular complexity index is 1340. The van der Waals surface area contributed by atoms with Crippen LogP contribution in [0.4, 0.5) is 0 Å². The molecule has 5 heteroatoms.